The average Bonchev–Trinajstić information content (AvgIpc) is 2.92. The number of carbonyl (C=O) groups excluding carboxylic acids is 2. The molecule has 5 rings (SSSR count). The molecule has 0 saturated heterocycles. The molecule has 0 bridgehead atoms. The highest BCUT2D eigenvalue weighted by Crippen LogP contribution is 2.31. The van der Waals surface area contributed by atoms with E-state index in [0.717, 1.165) is 34.0 Å². The van der Waals surface area contributed by atoms with Gasteiger partial charge < -0.3 is 10.3 Å². The zero-order valence-electron chi connectivity index (χ0n) is 21.7. The molecule has 7 nitrogen and oxygen atoms in total. The fourth-order valence-corrected chi connectivity index (χ4v) is 5.02. The van der Waals surface area contributed by atoms with Crippen molar-refractivity contribution < 1.29 is 9.59 Å². The number of para-hydroxylation sites is 1. The number of rotatable bonds is 7. The maximum absolute atomic E-state index is 13.4. The number of thioether (sulfide) groups is 1. The van der Waals surface area contributed by atoms with E-state index in [-0.39, 0.29) is 16.6 Å². The van der Waals surface area contributed by atoms with E-state index in [2.05, 4.69) is 15.3 Å². The van der Waals surface area contributed by atoms with Crippen LogP contribution in [0.1, 0.15) is 18.1 Å². The average molecular weight is 535 g/mol. The van der Waals surface area contributed by atoms with Crippen LogP contribution < -0.4 is 10.9 Å². The molecule has 0 aliphatic heterocycles. The number of aryl methyl sites for hydroxylation is 2. The predicted molar refractivity (Wildman–Crippen MR) is 156 cm³/mol. The van der Waals surface area contributed by atoms with Gasteiger partial charge in [0.2, 0.25) is 5.91 Å². The summed E-state index contributed by atoms with van der Waals surface area (Å²) in [6.45, 7) is 5.35. The van der Waals surface area contributed by atoms with Crippen molar-refractivity contribution in [3.63, 3.8) is 0 Å². The Morgan fingerprint density at radius 2 is 1.46 bits per heavy atom. The lowest BCUT2D eigenvalue weighted by molar-refractivity contribution is -0.123. The van der Waals surface area contributed by atoms with Crippen LogP contribution in [0.5, 0.6) is 0 Å². The summed E-state index contributed by atoms with van der Waals surface area (Å²) < 4.78 is 0. The van der Waals surface area contributed by atoms with Crippen molar-refractivity contribution in [2.75, 3.05) is 5.32 Å². The number of nitrogens with one attached hydrogen (secondary N) is 2. The minimum Gasteiger partial charge on any atom is -0.325 e. The van der Waals surface area contributed by atoms with Gasteiger partial charge in [0, 0.05) is 16.8 Å². The van der Waals surface area contributed by atoms with Crippen LogP contribution in [0.4, 0.5) is 5.69 Å². The summed E-state index contributed by atoms with van der Waals surface area (Å²) in [5.41, 5.74) is 5.74. The second kappa shape index (κ2) is 11.0. The number of Topliss-reactive ketones (excluding diaryl/α,β-unsaturated/α-hetero) is 1. The molecule has 0 radical (unpaired) electrons. The van der Waals surface area contributed by atoms with Gasteiger partial charge in [-0.3, -0.25) is 14.4 Å². The summed E-state index contributed by atoms with van der Waals surface area (Å²) in [5.74, 6) is -0.860. The van der Waals surface area contributed by atoms with Crippen LogP contribution in [0.15, 0.2) is 94.9 Å². The third-order valence-electron chi connectivity index (χ3n) is 6.24. The number of fused-ring (bicyclic) bond motifs is 1. The van der Waals surface area contributed by atoms with Gasteiger partial charge in [-0.2, -0.15) is 0 Å². The van der Waals surface area contributed by atoms with E-state index in [1.54, 1.807) is 24.3 Å². The Kier molecular flexibility index (Phi) is 7.38. The van der Waals surface area contributed by atoms with Gasteiger partial charge in [0.05, 0.1) is 11.1 Å². The van der Waals surface area contributed by atoms with Crippen LogP contribution in [0.2, 0.25) is 0 Å². The molecule has 39 heavy (non-hydrogen) atoms. The monoisotopic (exact) mass is 534 g/mol. The van der Waals surface area contributed by atoms with Gasteiger partial charge in [-0.1, -0.05) is 89.6 Å². The fraction of sp³-hybridized carbons (Fsp3) is 0.129. The lowest BCUT2D eigenvalue weighted by Gasteiger charge is -2.14. The number of pyridine rings is 1. The Bertz CT molecular complexity index is 1730. The minimum atomic E-state index is -1.11. The van der Waals surface area contributed by atoms with E-state index in [1.165, 1.54) is 6.92 Å². The molecule has 1 unspecified atom stereocenters. The summed E-state index contributed by atoms with van der Waals surface area (Å²) in [7, 11) is 0. The molecule has 0 spiro atoms. The number of H-pyrrole nitrogens is 1. The van der Waals surface area contributed by atoms with Crippen molar-refractivity contribution in [1.29, 1.82) is 0 Å². The van der Waals surface area contributed by atoms with Crippen molar-refractivity contribution in [1.82, 2.24) is 15.0 Å². The Morgan fingerprint density at radius 1 is 0.846 bits per heavy atom. The third-order valence-corrected chi connectivity index (χ3v) is 7.44. The first-order valence-corrected chi connectivity index (χ1v) is 13.3. The molecular weight excluding hydrogens is 508 g/mol. The van der Waals surface area contributed by atoms with Crippen LogP contribution in [-0.2, 0) is 9.59 Å². The standard InChI is InChI=1S/C31H26N4O3S/c1-18-9-13-21(14-10-18)24-17-25(22-15-11-19(2)12-16-22)33-28-26(24)29(37)35-31(34-28)39-27(20(3)36)30(38)32-23-7-5-4-6-8-23/h4-17,27H,1-3H3,(H,32,38)(H,33,34,35,37). The summed E-state index contributed by atoms with van der Waals surface area (Å²) >= 11 is 0.892. The number of anilines is 1. The first-order valence-electron chi connectivity index (χ1n) is 12.4. The quantitative estimate of drug-likeness (QED) is 0.152. The van der Waals surface area contributed by atoms with E-state index in [4.69, 9.17) is 4.98 Å². The van der Waals surface area contributed by atoms with Crippen molar-refractivity contribution >= 4 is 40.2 Å². The van der Waals surface area contributed by atoms with E-state index in [0.29, 0.717) is 22.3 Å². The lowest BCUT2D eigenvalue weighted by atomic mass is 9.99. The SMILES string of the molecule is CC(=O)C(Sc1nc2nc(-c3ccc(C)cc3)cc(-c3ccc(C)cc3)c2c(=O)[nH]1)C(=O)Nc1ccccc1. The van der Waals surface area contributed by atoms with E-state index >= 15 is 0 Å². The number of nitrogens with zero attached hydrogens (tertiary/aromatic N) is 2. The zero-order valence-corrected chi connectivity index (χ0v) is 22.5. The Morgan fingerprint density at radius 3 is 2.08 bits per heavy atom. The molecule has 0 fully saturated rings. The first-order chi connectivity index (χ1) is 18.8. The Labute approximate surface area is 229 Å². The van der Waals surface area contributed by atoms with Crippen LogP contribution in [0, 0.1) is 13.8 Å². The fourth-order valence-electron chi connectivity index (χ4n) is 4.17. The van der Waals surface area contributed by atoms with E-state index < -0.39 is 16.7 Å². The molecule has 3 aromatic carbocycles. The maximum Gasteiger partial charge on any atom is 0.261 e. The van der Waals surface area contributed by atoms with Crippen molar-refractivity contribution in [2.45, 2.75) is 31.2 Å². The molecule has 2 N–H and O–H groups in total. The Balaban J connectivity index is 1.60. The molecule has 2 heterocycles. The summed E-state index contributed by atoms with van der Waals surface area (Å²) in [6.07, 6.45) is 0. The summed E-state index contributed by atoms with van der Waals surface area (Å²) in [5, 5.41) is 2.12. The van der Waals surface area contributed by atoms with Crippen molar-refractivity contribution in [3.05, 3.63) is 106 Å². The molecular formula is C31H26N4O3S. The van der Waals surface area contributed by atoms with Crippen LogP contribution in [-0.4, -0.2) is 31.9 Å². The molecule has 8 heteroatoms. The second-order valence-corrected chi connectivity index (χ2v) is 10.4. The van der Waals surface area contributed by atoms with Crippen LogP contribution in [0.25, 0.3) is 33.4 Å². The maximum atomic E-state index is 13.4. The Hall–Kier alpha value is -4.56. The highest BCUT2D eigenvalue weighted by Gasteiger charge is 2.27. The molecule has 0 aliphatic rings. The van der Waals surface area contributed by atoms with Gasteiger partial charge in [-0.25, -0.2) is 9.97 Å². The van der Waals surface area contributed by atoms with E-state index in [9.17, 15) is 14.4 Å². The molecule has 0 aliphatic carbocycles. The summed E-state index contributed by atoms with van der Waals surface area (Å²) in [4.78, 5) is 50.9. The molecule has 5 aromatic rings. The second-order valence-electron chi connectivity index (χ2n) is 9.32. The number of carbonyl (C=O) groups is 2. The topological polar surface area (TPSA) is 105 Å². The smallest absolute Gasteiger partial charge is 0.261 e. The van der Waals surface area contributed by atoms with Gasteiger partial charge >= 0.3 is 0 Å². The number of aromatic amines is 1. The largest absolute Gasteiger partial charge is 0.325 e. The molecule has 194 valence electrons. The number of ketones is 1. The predicted octanol–water partition coefficient (Wildman–Crippen LogP) is 5.96. The van der Waals surface area contributed by atoms with Crippen molar-refractivity contribution in [3.8, 4) is 22.4 Å². The van der Waals surface area contributed by atoms with Crippen LogP contribution >= 0.6 is 11.8 Å². The highest BCUT2D eigenvalue weighted by molar-refractivity contribution is 8.01. The summed E-state index contributed by atoms with van der Waals surface area (Å²) in [6, 6.07) is 26.6. The number of benzene rings is 3. The lowest BCUT2D eigenvalue weighted by Crippen LogP contribution is -2.31. The van der Waals surface area contributed by atoms with Crippen LogP contribution in [0.3, 0.4) is 0 Å². The van der Waals surface area contributed by atoms with E-state index in [1.807, 2.05) is 74.5 Å². The van der Waals surface area contributed by atoms with Crippen molar-refractivity contribution in [2.24, 2.45) is 0 Å². The number of hydrogen-bond acceptors (Lipinski definition) is 6. The third kappa shape index (κ3) is 5.81. The number of amides is 1. The minimum absolute atomic E-state index is 0.138. The number of aromatic nitrogens is 3. The molecule has 1 atom stereocenters. The highest BCUT2D eigenvalue weighted by atomic mass is 32.2. The molecule has 0 saturated carbocycles. The van der Waals surface area contributed by atoms with Gasteiger partial charge in [-0.15, -0.1) is 0 Å². The number of hydrogen-bond donors (Lipinski definition) is 2. The molecule has 1 amide bonds. The normalized spacial score (nSPS) is 11.8. The van der Waals surface area contributed by atoms with Gasteiger partial charge in [0.25, 0.3) is 5.56 Å². The van der Waals surface area contributed by atoms with Gasteiger partial charge in [0.15, 0.2) is 16.6 Å². The zero-order chi connectivity index (χ0) is 27.5. The first kappa shape index (κ1) is 26.1. The molecule has 2 aromatic heterocycles. The van der Waals surface area contributed by atoms with Gasteiger partial charge in [-0.05, 0) is 44.5 Å². The van der Waals surface area contributed by atoms with Gasteiger partial charge in [0.1, 0.15) is 5.25 Å².